The van der Waals surface area contributed by atoms with Crippen molar-refractivity contribution in [2.45, 2.75) is 24.3 Å². The monoisotopic (exact) mass is 252 g/mol. The predicted octanol–water partition coefficient (Wildman–Crippen LogP) is 1.51. The summed E-state index contributed by atoms with van der Waals surface area (Å²) >= 11 is 0. The van der Waals surface area contributed by atoms with Crippen LogP contribution in [0.2, 0.25) is 0 Å². The number of nitrogens with one attached hydrogen (secondary N) is 2. The van der Waals surface area contributed by atoms with E-state index in [0.29, 0.717) is 10.9 Å². The van der Waals surface area contributed by atoms with Crippen LogP contribution in [0.1, 0.15) is 12.5 Å². The Bertz CT molecular complexity index is 537. The van der Waals surface area contributed by atoms with Crippen molar-refractivity contribution in [3.05, 3.63) is 36.4 Å². The Balaban J connectivity index is 2.30. The van der Waals surface area contributed by atoms with E-state index in [-0.39, 0.29) is 6.54 Å². The second-order valence-corrected chi connectivity index (χ2v) is 5.98. The van der Waals surface area contributed by atoms with Crippen LogP contribution >= 0.6 is 0 Å². The summed E-state index contributed by atoms with van der Waals surface area (Å²) in [6.45, 7) is 5.81. The van der Waals surface area contributed by atoms with Gasteiger partial charge in [0, 0.05) is 18.3 Å². The number of hydrogen-bond donors (Lipinski definition) is 2. The van der Waals surface area contributed by atoms with Crippen molar-refractivity contribution in [2.24, 2.45) is 0 Å². The zero-order valence-corrected chi connectivity index (χ0v) is 10.5. The van der Waals surface area contributed by atoms with Crippen molar-refractivity contribution in [3.8, 4) is 0 Å². The highest BCUT2D eigenvalue weighted by atomic mass is 32.2. The molecular formula is C12H16N2O2S. The van der Waals surface area contributed by atoms with Gasteiger partial charge in [0.15, 0.2) is 0 Å². The van der Waals surface area contributed by atoms with E-state index in [1.54, 1.807) is 12.1 Å². The number of benzene rings is 1. The Hall–Kier alpha value is -1.33. The summed E-state index contributed by atoms with van der Waals surface area (Å²) in [4.78, 5) is 0.314. The summed E-state index contributed by atoms with van der Waals surface area (Å²) in [5.74, 6) is 0. The third kappa shape index (κ3) is 2.50. The van der Waals surface area contributed by atoms with Gasteiger partial charge in [-0.1, -0.05) is 6.08 Å². The number of sulfonamides is 1. The van der Waals surface area contributed by atoms with Crippen LogP contribution in [0.15, 0.2) is 35.7 Å². The van der Waals surface area contributed by atoms with Crippen LogP contribution in [0.5, 0.6) is 0 Å². The molecule has 2 N–H and O–H groups in total. The first-order valence-corrected chi connectivity index (χ1v) is 7.01. The molecule has 1 aliphatic rings. The average Bonchev–Trinajstić information content (AvgIpc) is 2.65. The Morgan fingerprint density at radius 1 is 1.59 bits per heavy atom. The first-order valence-electron chi connectivity index (χ1n) is 5.53. The summed E-state index contributed by atoms with van der Waals surface area (Å²) < 4.78 is 26.2. The lowest BCUT2D eigenvalue weighted by molar-refractivity contribution is 0.585. The number of anilines is 1. The smallest absolute Gasteiger partial charge is 0.240 e. The molecule has 0 fully saturated rings. The quantitative estimate of drug-likeness (QED) is 0.799. The van der Waals surface area contributed by atoms with E-state index in [0.717, 1.165) is 17.7 Å². The van der Waals surface area contributed by atoms with E-state index in [2.05, 4.69) is 23.5 Å². The molecule has 1 atom stereocenters. The van der Waals surface area contributed by atoms with Gasteiger partial charge in [0.05, 0.1) is 4.90 Å². The fraction of sp³-hybridized carbons (Fsp3) is 0.333. The minimum Gasteiger partial charge on any atom is -0.382 e. The summed E-state index contributed by atoms with van der Waals surface area (Å²) in [5, 5.41) is 3.29. The van der Waals surface area contributed by atoms with Crippen LogP contribution in [0.4, 0.5) is 5.69 Å². The van der Waals surface area contributed by atoms with Gasteiger partial charge in [-0.15, -0.1) is 6.58 Å². The topological polar surface area (TPSA) is 58.2 Å². The molecule has 1 aromatic carbocycles. The van der Waals surface area contributed by atoms with Gasteiger partial charge in [0.25, 0.3) is 0 Å². The molecule has 0 saturated carbocycles. The predicted molar refractivity (Wildman–Crippen MR) is 68.6 cm³/mol. The van der Waals surface area contributed by atoms with Crippen LogP contribution in [-0.4, -0.2) is 21.0 Å². The van der Waals surface area contributed by atoms with Crippen molar-refractivity contribution in [1.82, 2.24) is 4.72 Å². The maximum Gasteiger partial charge on any atom is 0.240 e. The lowest BCUT2D eigenvalue weighted by Gasteiger charge is -2.06. The molecule has 17 heavy (non-hydrogen) atoms. The lowest BCUT2D eigenvalue weighted by Crippen LogP contribution is -2.23. The highest BCUT2D eigenvalue weighted by molar-refractivity contribution is 7.89. The molecule has 5 heteroatoms. The van der Waals surface area contributed by atoms with Crippen LogP contribution < -0.4 is 10.0 Å². The standard InChI is InChI=1S/C12H16N2O2S/c1-3-6-13-17(15,16)11-4-5-12-10(8-11)7-9(2)14-12/h3-5,8-9,13-14H,1,6-7H2,2H3/t9-/m0/s1. The SMILES string of the molecule is C=CCNS(=O)(=O)c1ccc2c(c1)C[C@H](C)N2. The summed E-state index contributed by atoms with van der Waals surface area (Å²) in [7, 11) is -3.41. The zero-order chi connectivity index (χ0) is 12.5. The molecule has 0 amide bonds. The third-order valence-electron chi connectivity index (χ3n) is 2.73. The van der Waals surface area contributed by atoms with Crippen molar-refractivity contribution < 1.29 is 8.42 Å². The van der Waals surface area contributed by atoms with E-state index in [9.17, 15) is 8.42 Å². The van der Waals surface area contributed by atoms with Gasteiger partial charge in [-0.25, -0.2) is 13.1 Å². The lowest BCUT2D eigenvalue weighted by atomic mass is 10.1. The van der Waals surface area contributed by atoms with Gasteiger partial charge in [0.1, 0.15) is 0 Å². The van der Waals surface area contributed by atoms with E-state index >= 15 is 0 Å². The van der Waals surface area contributed by atoms with Gasteiger partial charge >= 0.3 is 0 Å². The Labute approximate surface area is 102 Å². The summed E-state index contributed by atoms with van der Waals surface area (Å²) in [6, 6.07) is 5.54. The molecule has 1 aliphatic heterocycles. The van der Waals surface area contributed by atoms with Gasteiger partial charge < -0.3 is 5.32 Å². The summed E-state index contributed by atoms with van der Waals surface area (Å²) in [5.41, 5.74) is 2.08. The molecule has 0 radical (unpaired) electrons. The number of rotatable bonds is 4. The molecule has 0 saturated heterocycles. The highest BCUT2D eigenvalue weighted by Crippen LogP contribution is 2.27. The second-order valence-electron chi connectivity index (χ2n) is 4.21. The molecule has 0 unspecified atom stereocenters. The van der Waals surface area contributed by atoms with E-state index in [1.165, 1.54) is 6.08 Å². The minimum atomic E-state index is -3.41. The van der Waals surface area contributed by atoms with Crippen molar-refractivity contribution in [1.29, 1.82) is 0 Å². The second kappa shape index (κ2) is 4.50. The molecular weight excluding hydrogens is 236 g/mol. The molecule has 0 spiro atoms. The molecule has 2 rings (SSSR count). The first-order chi connectivity index (χ1) is 8.03. The Kier molecular flexibility index (Phi) is 3.22. The molecule has 0 aliphatic carbocycles. The fourth-order valence-electron chi connectivity index (χ4n) is 1.95. The molecule has 92 valence electrons. The van der Waals surface area contributed by atoms with Crippen LogP contribution in [-0.2, 0) is 16.4 Å². The van der Waals surface area contributed by atoms with Crippen molar-refractivity contribution in [3.63, 3.8) is 0 Å². The highest BCUT2D eigenvalue weighted by Gasteiger charge is 2.20. The number of fused-ring (bicyclic) bond motifs is 1. The molecule has 1 heterocycles. The molecule has 1 aromatic rings. The Morgan fingerprint density at radius 3 is 3.06 bits per heavy atom. The van der Waals surface area contributed by atoms with E-state index in [1.807, 2.05) is 6.07 Å². The first kappa shape index (κ1) is 12.1. The van der Waals surface area contributed by atoms with Crippen molar-refractivity contribution >= 4 is 15.7 Å². The molecule has 4 nitrogen and oxygen atoms in total. The Morgan fingerprint density at radius 2 is 2.35 bits per heavy atom. The summed E-state index contributed by atoms with van der Waals surface area (Å²) in [6.07, 6.45) is 2.38. The van der Waals surface area contributed by atoms with Crippen LogP contribution in [0, 0.1) is 0 Å². The average molecular weight is 252 g/mol. The van der Waals surface area contributed by atoms with E-state index < -0.39 is 10.0 Å². The maximum absolute atomic E-state index is 11.9. The largest absolute Gasteiger partial charge is 0.382 e. The third-order valence-corrected chi connectivity index (χ3v) is 4.15. The fourth-order valence-corrected chi connectivity index (χ4v) is 2.99. The van der Waals surface area contributed by atoms with Gasteiger partial charge in [-0.05, 0) is 37.1 Å². The maximum atomic E-state index is 11.9. The van der Waals surface area contributed by atoms with Gasteiger partial charge in [0.2, 0.25) is 10.0 Å². The van der Waals surface area contributed by atoms with E-state index in [4.69, 9.17) is 0 Å². The van der Waals surface area contributed by atoms with Crippen LogP contribution in [0.3, 0.4) is 0 Å². The molecule has 0 bridgehead atoms. The normalized spacial score (nSPS) is 18.5. The molecule has 0 aromatic heterocycles. The minimum absolute atomic E-state index is 0.244. The number of hydrogen-bond acceptors (Lipinski definition) is 3. The van der Waals surface area contributed by atoms with Gasteiger partial charge in [-0.3, -0.25) is 0 Å². The zero-order valence-electron chi connectivity index (χ0n) is 9.73. The van der Waals surface area contributed by atoms with Gasteiger partial charge in [-0.2, -0.15) is 0 Å². The van der Waals surface area contributed by atoms with Crippen molar-refractivity contribution in [2.75, 3.05) is 11.9 Å². The van der Waals surface area contributed by atoms with Crippen LogP contribution in [0.25, 0.3) is 0 Å².